The fourth-order valence-electron chi connectivity index (χ4n) is 3.66. The van der Waals surface area contributed by atoms with E-state index in [1.807, 2.05) is 25.3 Å². The van der Waals surface area contributed by atoms with Crippen molar-refractivity contribution in [2.75, 3.05) is 12.8 Å². The molecule has 0 fully saturated rings. The number of aromatic hydroxyl groups is 1. The molecule has 0 aliphatic rings. The van der Waals surface area contributed by atoms with E-state index in [0.29, 0.717) is 6.54 Å². The van der Waals surface area contributed by atoms with Gasteiger partial charge in [-0.1, -0.05) is 6.07 Å². The van der Waals surface area contributed by atoms with Gasteiger partial charge in [0.25, 0.3) is 0 Å². The first kappa shape index (κ1) is 26.2. The summed E-state index contributed by atoms with van der Waals surface area (Å²) in [6.07, 6.45) is 3.32. The van der Waals surface area contributed by atoms with Crippen LogP contribution in [0.2, 0.25) is 0 Å². The second-order valence-electron chi connectivity index (χ2n) is 8.07. The van der Waals surface area contributed by atoms with E-state index in [4.69, 9.17) is 11.5 Å². The third-order valence-corrected chi connectivity index (χ3v) is 7.63. The van der Waals surface area contributed by atoms with Crippen LogP contribution in [0.1, 0.15) is 34.4 Å². The Morgan fingerprint density at radius 2 is 1.84 bits per heavy atom. The normalized spacial score (nSPS) is 15.0. The summed E-state index contributed by atoms with van der Waals surface area (Å²) >= 11 is 1.68. The first-order chi connectivity index (χ1) is 15.1. The minimum Gasteiger partial charge on any atom is -0.508 e. The van der Waals surface area contributed by atoms with Crippen LogP contribution in [-0.4, -0.2) is 51.1 Å². The number of Topliss-reactive ketones (excluding diaryl/α,β-unsaturated/α-hetero) is 1. The average Bonchev–Trinajstić information content (AvgIpc) is 3.24. The van der Waals surface area contributed by atoms with E-state index in [-0.39, 0.29) is 30.3 Å². The summed E-state index contributed by atoms with van der Waals surface area (Å²) in [5.74, 6) is -0.583. The van der Waals surface area contributed by atoms with Crippen molar-refractivity contribution < 1.29 is 18.9 Å². The molecule has 0 saturated carbocycles. The molecule has 0 saturated heterocycles. The number of aryl methyl sites for hydroxylation is 3. The standard InChI is InChI=1S/C23H33N3O4S2/c1-14-10-16(27)11-15(2)18(14)12-19(24)22(28)21(32(3)30)13-20(25)23(29)26-8-4-6-17-7-5-9-31-17/h5,7,9-11,19-21,27H,4,6,8,12-13,24-25H2,1-3H3,(H,26,29)/t19-,20?,21?,32?/m1/s1. The van der Waals surface area contributed by atoms with Crippen molar-refractivity contribution in [3.05, 3.63) is 51.2 Å². The first-order valence-corrected chi connectivity index (χ1v) is 13.1. The van der Waals surface area contributed by atoms with E-state index >= 15 is 0 Å². The molecule has 3 unspecified atom stereocenters. The van der Waals surface area contributed by atoms with Gasteiger partial charge in [0, 0.05) is 28.5 Å². The van der Waals surface area contributed by atoms with E-state index in [1.165, 1.54) is 11.1 Å². The van der Waals surface area contributed by atoms with Gasteiger partial charge in [-0.25, -0.2) is 0 Å². The highest BCUT2D eigenvalue weighted by molar-refractivity contribution is 7.85. The van der Waals surface area contributed by atoms with Crippen LogP contribution >= 0.6 is 11.3 Å². The molecular weight excluding hydrogens is 446 g/mol. The molecular formula is C23H33N3O4S2. The van der Waals surface area contributed by atoms with Gasteiger partial charge in [0.2, 0.25) is 5.91 Å². The summed E-state index contributed by atoms with van der Waals surface area (Å²) in [5, 5.41) is 13.6. The second-order valence-corrected chi connectivity index (χ2v) is 10.7. The molecule has 2 aromatic rings. The van der Waals surface area contributed by atoms with Crippen molar-refractivity contribution in [3.8, 4) is 5.75 Å². The lowest BCUT2D eigenvalue weighted by molar-refractivity contribution is -0.123. The molecule has 9 heteroatoms. The number of amides is 1. The van der Waals surface area contributed by atoms with Crippen LogP contribution in [0, 0.1) is 13.8 Å². The number of phenolic OH excluding ortho intramolecular Hbond substituents is 1. The topological polar surface area (TPSA) is 136 Å². The molecule has 2 rings (SSSR count). The lowest BCUT2D eigenvalue weighted by atomic mass is 9.93. The van der Waals surface area contributed by atoms with Gasteiger partial charge in [0.1, 0.15) is 5.75 Å². The van der Waals surface area contributed by atoms with Crippen molar-refractivity contribution >= 4 is 33.8 Å². The molecule has 176 valence electrons. The monoisotopic (exact) mass is 479 g/mol. The van der Waals surface area contributed by atoms with Crippen molar-refractivity contribution in [3.63, 3.8) is 0 Å². The Kier molecular flexibility index (Phi) is 10.0. The first-order valence-electron chi connectivity index (χ1n) is 10.6. The van der Waals surface area contributed by atoms with E-state index in [1.54, 1.807) is 23.5 Å². The molecule has 6 N–H and O–H groups in total. The minimum atomic E-state index is -1.52. The number of nitrogens with one attached hydrogen (secondary N) is 1. The van der Waals surface area contributed by atoms with E-state index < -0.39 is 28.1 Å². The summed E-state index contributed by atoms with van der Waals surface area (Å²) in [6, 6.07) is 5.45. The number of nitrogens with two attached hydrogens (primary N) is 2. The predicted molar refractivity (Wildman–Crippen MR) is 130 cm³/mol. The zero-order chi connectivity index (χ0) is 23.8. The Hall–Kier alpha value is -2.07. The molecule has 0 radical (unpaired) electrons. The van der Waals surface area contributed by atoms with Crippen LogP contribution in [0.5, 0.6) is 5.75 Å². The summed E-state index contributed by atoms with van der Waals surface area (Å²) in [4.78, 5) is 26.6. The molecule has 0 aliphatic carbocycles. The molecule has 1 aromatic carbocycles. The number of carbonyl (C=O) groups is 2. The molecule has 0 spiro atoms. The van der Waals surface area contributed by atoms with Gasteiger partial charge in [-0.05, 0) is 79.8 Å². The fourth-order valence-corrected chi connectivity index (χ4v) is 5.40. The fraction of sp³-hybridized carbons (Fsp3) is 0.478. The highest BCUT2D eigenvalue weighted by atomic mass is 32.2. The third kappa shape index (κ3) is 7.51. The number of benzene rings is 1. The molecule has 4 atom stereocenters. The van der Waals surface area contributed by atoms with Crippen LogP contribution < -0.4 is 16.8 Å². The van der Waals surface area contributed by atoms with Gasteiger partial charge in [-0.3, -0.25) is 13.8 Å². The Balaban J connectivity index is 1.92. The summed E-state index contributed by atoms with van der Waals surface area (Å²) in [7, 11) is -1.52. The van der Waals surface area contributed by atoms with Crippen LogP contribution in [0.15, 0.2) is 29.6 Å². The lowest BCUT2D eigenvalue weighted by Crippen LogP contribution is -2.48. The molecule has 1 heterocycles. The average molecular weight is 480 g/mol. The molecule has 32 heavy (non-hydrogen) atoms. The van der Waals surface area contributed by atoms with Gasteiger partial charge in [0.05, 0.1) is 17.3 Å². The van der Waals surface area contributed by atoms with Crippen molar-refractivity contribution in [2.45, 2.75) is 56.9 Å². The largest absolute Gasteiger partial charge is 0.508 e. The number of hydrogen-bond donors (Lipinski definition) is 4. The van der Waals surface area contributed by atoms with Crippen LogP contribution in [0.3, 0.4) is 0 Å². The minimum absolute atomic E-state index is 0.0278. The Morgan fingerprint density at radius 1 is 1.19 bits per heavy atom. The van der Waals surface area contributed by atoms with E-state index in [9.17, 15) is 18.9 Å². The predicted octanol–water partition coefficient (Wildman–Crippen LogP) is 1.72. The van der Waals surface area contributed by atoms with Gasteiger partial charge in [-0.2, -0.15) is 0 Å². The molecule has 0 bridgehead atoms. The number of hydrogen-bond acceptors (Lipinski definition) is 7. The van der Waals surface area contributed by atoms with E-state index in [2.05, 4.69) is 11.4 Å². The molecule has 0 aliphatic heterocycles. The maximum Gasteiger partial charge on any atom is 0.236 e. The highest BCUT2D eigenvalue weighted by Crippen LogP contribution is 2.22. The van der Waals surface area contributed by atoms with Gasteiger partial charge >= 0.3 is 0 Å². The van der Waals surface area contributed by atoms with Gasteiger partial charge in [0.15, 0.2) is 5.78 Å². The Morgan fingerprint density at radius 3 is 2.41 bits per heavy atom. The lowest BCUT2D eigenvalue weighted by Gasteiger charge is -2.22. The van der Waals surface area contributed by atoms with Crippen LogP contribution in [-0.2, 0) is 33.2 Å². The smallest absolute Gasteiger partial charge is 0.236 e. The molecule has 1 aromatic heterocycles. The van der Waals surface area contributed by atoms with Gasteiger partial charge in [-0.15, -0.1) is 11.3 Å². The van der Waals surface area contributed by atoms with Crippen LogP contribution in [0.4, 0.5) is 0 Å². The quantitative estimate of drug-likeness (QED) is 0.342. The Labute approximate surface area is 196 Å². The highest BCUT2D eigenvalue weighted by Gasteiger charge is 2.31. The van der Waals surface area contributed by atoms with Crippen LogP contribution in [0.25, 0.3) is 0 Å². The third-order valence-electron chi connectivity index (χ3n) is 5.47. The SMILES string of the molecule is Cc1cc(O)cc(C)c1C[C@@H](N)C(=O)C(CC(N)C(=O)NCCCc1cccs1)S(C)=O. The number of carbonyl (C=O) groups excluding carboxylic acids is 2. The van der Waals surface area contributed by atoms with E-state index in [0.717, 1.165) is 29.5 Å². The van der Waals surface area contributed by atoms with Gasteiger partial charge < -0.3 is 21.9 Å². The Bertz CT molecular complexity index is 924. The maximum atomic E-state index is 13.0. The summed E-state index contributed by atoms with van der Waals surface area (Å²) in [5.41, 5.74) is 14.7. The van der Waals surface area contributed by atoms with Crippen molar-refractivity contribution in [1.29, 1.82) is 0 Å². The maximum absolute atomic E-state index is 13.0. The van der Waals surface area contributed by atoms with Crippen molar-refractivity contribution in [2.24, 2.45) is 11.5 Å². The van der Waals surface area contributed by atoms with Crippen molar-refractivity contribution in [1.82, 2.24) is 5.32 Å². The molecule has 1 amide bonds. The molecule has 7 nitrogen and oxygen atoms in total. The second kappa shape index (κ2) is 12.2. The number of thiophene rings is 1. The summed E-state index contributed by atoms with van der Waals surface area (Å²) in [6.45, 7) is 4.16. The zero-order valence-corrected chi connectivity index (χ0v) is 20.4. The number of rotatable bonds is 12. The number of ketones is 1. The zero-order valence-electron chi connectivity index (χ0n) is 18.8. The number of phenols is 1. The summed E-state index contributed by atoms with van der Waals surface area (Å²) < 4.78 is 12.3.